The van der Waals surface area contributed by atoms with Gasteiger partial charge in [-0.25, -0.2) is 0 Å². The molecule has 0 amide bonds. The number of benzene rings is 2. The molecule has 0 fully saturated rings. The summed E-state index contributed by atoms with van der Waals surface area (Å²) in [6.07, 6.45) is -4.66. The molecule has 0 spiro atoms. The lowest BCUT2D eigenvalue weighted by Crippen LogP contribution is -2.11. The zero-order valence-corrected chi connectivity index (χ0v) is 10.7. The fraction of sp³-hybridized carbons (Fsp3) is 0.143. The largest absolute Gasteiger partial charge is 0.418 e. The van der Waals surface area contributed by atoms with Crippen LogP contribution in [0.2, 0.25) is 0 Å². The topological polar surface area (TPSA) is 55.2 Å². The Morgan fingerprint density at radius 1 is 1.10 bits per heavy atom. The fourth-order valence-electron chi connectivity index (χ4n) is 1.83. The van der Waals surface area contributed by atoms with Crippen molar-refractivity contribution in [2.45, 2.75) is 12.7 Å². The number of nitro benzene ring substituents is 1. The van der Waals surface area contributed by atoms with Crippen LogP contribution < -0.4 is 5.32 Å². The second-order valence-corrected chi connectivity index (χ2v) is 4.32. The minimum Gasteiger partial charge on any atom is -0.380 e. The predicted octanol–water partition coefficient (Wildman–Crippen LogP) is 4.23. The number of hydrogen-bond donors (Lipinski definition) is 1. The van der Waals surface area contributed by atoms with E-state index in [2.05, 4.69) is 5.32 Å². The van der Waals surface area contributed by atoms with E-state index in [1.165, 1.54) is 0 Å². The second-order valence-electron chi connectivity index (χ2n) is 4.32. The summed E-state index contributed by atoms with van der Waals surface area (Å²) in [6, 6.07) is 11.5. The van der Waals surface area contributed by atoms with Gasteiger partial charge in [-0.15, -0.1) is 0 Å². The van der Waals surface area contributed by atoms with Crippen LogP contribution in [-0.2, 0) is 12.7 Å². The molecule has 0 aromatic heterocycles. The summed E-state index contributed by atoms with van der Waals surface area (Å²) >= 11 is 0. The van der Waals surface area contributed by atoms with Gasteiger partial charge in [0.05, 0.1) is 10.5 Å². The number of rotatable bonds is 4. The molecule has 0 heterocycles. The molecule has 0 aliphatic rings. The highest BCUT2D eigenvalue weighted by Crippen LogP contribution is 2.37. The maximum atomic E-state index is 13.0. The van der Waals surface area contributed by atoms with Gasteiger partial charge in [-0.05, 0) is 11.6 Å². The summed E-state index contributed by atoms with van der Waals surface area (Å²) in [6.45, 7) is 0.196. The zero-order valence-electron chi connectivity index (χ0n) is 10.7. The number of non-ortho nitro benzene ring substituents is 1. The van der Waals surface area contributed by atoms with E-state index in [-0.39, 0.29) is 12.2 Å². The van der Waals surface area contributed by atoms with Gasteiger partial charge in [-0.1, -0.05) is 30.3 Å². The van der Waals surface area contributed by atoms with Gasteiger partial charge < -0.3 is 5.32 Å². The van der Waals surface area contributed by atoms with E-state index in [0.717, 1.165) is 17.7 Å². The van der Waals surface area contributed by atoms with Crippen molar-refractivity contribution in [2.75, 3.05) is 5.32 Å². The minimum absolute atomic E-state index is 0.183. The molecular formula is C14H11F3N2O2. The van der Waals surface area contributed by atoms with Crippen molar-refractivity contribution < 1.29 is 18.1 Å². The third-order valence-electron chi connectivity index (χ3n) is 2.85. The normalized spacial score (nSPS) is 11.2. The Morgan fingerprint density at radius 2 is 1.76 bits per heavy atom. The zero-order chi connectivity index (χ0) is 15.5. The summed E-state index contributed by atoms with van der Waals surface area (Å²) in [5, 5.41) is 13.2. The van der Waals surface area contributed by atoms with Gasteiger partial charge >= 0.3 is 6.18 Å². The SMILES string of the molecule is O=[N+]([O-])c1ccc(NCc2ccccc2)c(C(F)(F)F)c1. The molecule has 7 heteroatoms. The van der Waals surface area contributed by atoms with Crippen LogP contribution >= 0.6 is 0 Å². The lowest BCUT2D eigenvalue weighted by atomic mass is 10.1. The third-order valence-corrected chi connectivity index (χ3v) is 2.85. The molecular weight excluding hydrogens is 285 g/mol. The monoisotopic (exact) mass is 296 g/mol. The van der Waals surface area contributed by atoms with Crippen molar-refractivity contribution in [3.8, 4) is 0 Å². The molecule has 2 aromatic carbocycles. The van der Waals surface area contributed by atoms with Crippen molar-refractivity contribution >= 4 is 11.4 Å². The molecule has 0 unspecified atom stereocenters. The van der Waals surface area contributed by atoms with Gasteiger partial charge in [0, 0.05) is 24.4 Å². The molecule has 0 saturated carbocycles. The first-order valence-corrected chi connectivity index (χ1v) is 6.01. The van der Waals surface area contributed by atoms with E-state index in [0.29, 0.717) is 6.07 Å². The van der Waals surface area contributed by atoms with Crippen LogP contribution in [0.1, 0.15) is 11.1 Å². The molecule has 21 heavy (non-hydrogen) atoms. The molecule has 110 valence electrons. The third kappa shape index (κ3) is 3.71. The van der Waals surface area contributed by atoms with Crippen molar-refractivity contribution in [2.24, 2.45) is 0 Å². The second kappa shape index (κ2) is 5.82. The predicted molar refractivity (Wildman–Crippen MR) is 71.9 cm³/mol. The van der Waals surface area contributed by atoms with E-state index in [4.69, 9.17) is 0 Å². The summed E-state index contributed by atoms with van der Waals surface area (Å²) in [7, 11) is 0. The molecule has 0 atom stereocenters. The fourth-order valence-corrected chi connectivity index (χ4v) is 1.83. The van der Waals surface area contributed by atoms with Crippen molar-refractivity contribution in [1.82, 2.24) is 0 Å². The Labute approximate surface area is 118 Å². The van der Waals surface area contributed by atoms with Gasteiger partial charge in [-0.2, -0.15) is 13.2 Å². The van der Waals surface area contributed by atoms with Crippen molar-refractivity contribution in [3.05, 3.63) is 69.8 Å². The minimum atomic E-state index is -4.66. The van der Waals surface area contributed by atoms with E-state index < -0.39 is 22.4 Å². The van der Waals surface area contributed by atoms with Crippen LogP contribution in [-0.4, -0.2) is 4.92 Å². The van der Waals surface area contributed by atoms with Gasteiger partial charge in [0.15, 0.2) is 0 Å². The van der Waals surface area contributed by atoms with Crippen LogP contribution in [0.4, 0.5) is 24.5 Å². The summed E-state index contributed by atoms with van der Waals surface area (Å²) in [5.41, 5.74) is -1.01. The van der Waals surface area contributed by atoms with Crippen LogP contribution in [0.25, 0.3) is 0 Å². The number of halogens is 3. The van der Waals surface area contributed by atoms with Crippen LogP contribution in [0.3, 0.4) is 0 Å². The Bertz CT molecular complexity index is 642. The lowest BCUT2D eigenvalue weighted by molar-refractivity contribution is -0.385. The highest BCUT2D eigenvalue weighted by molar-refractivity contribution is 5.57. The molecule has 0 bridgehead atoms. The Balaban J connectivity index is 2.28. The average molecular weight is 296 g/mol. The number of alkyl halides is 3. The van der Waals surface area contributed by atoms with Crippen molar-refractivity contribution in [3.63, 3.8) is 0 Å². The number of nitro groups is 1. The average Bonchev–Trinajstić information content (AvgIpc) is 2.45. The summed E-state index contributed by atoms with van der Waals surface area (Å²) < 4.78 is 38.9. The summed E-state index contributed by atoms with van der Waals surface area (Å²) in [5.74, 6) is 0. The maximum Gasteiger partial charge on any atom is 0.418 e. The van der Waals surface area contributed by atoms with E-state index in [9.17, 15) is 23.3 Å². The van der Waals surface area contributed by atoms with E-state index >= 15 is 0 Å². The Kier molecular flexibility index (Phi) is 4.11. The standard InChI is InChI=1S/C14H11F3N2O2/c15-14(16,17)12-8-11(19(20)21)6-7-13(12)18-9-10-4-2-1-3-5-10/h1-8,18H,9H2. The number of nitrogens with one attached hydrogen (secondary N) is 1. The van der Waals surface area contributed by atoms with Crippen LogP contribution in [0, 0.1) is 10.1 Å². The number of nitrogens with zero attached hydrogens (tertiary/aromatic N) is 1. The first-order valence-electron chi connectivity index (χ1n) is 6.01. The number of hydrogen-bond acceptors (Lipinski definition) is 3. The first-order chi connectivity index (χ1) is 9.88. The maximum absolute atomic E-state index is 13.0. The molecule has 2 aromatic rings. The van der Waals surface area contributed by atoms with Gasteiger partial charge in [0.2, 0.25) is 0 Å². The van der Waals surface area contributed by atoms with Crippen LogP contribution in [0.5, 0.6) is 0 Å². The molecule has 2 rings (SSSR count). The molecule has 0 aliphatic heterocycles. The van der Waals surface area contributed by atoms with E-state index in [1.54, 1.807) is 30.3 Å². The van der Waals surface area contributed by atoms with E-state index in [1.807, 2.05) is 0 Å². The van der Waals surface area contributed by atoms with Crippen LogP contribution in [0.15, 0.2) is 48.5 Å². The molecule has 0 aliphatic carbocycles. The molecule has 0 saturated heterocycles. The molecule has 1 N–H and O–H groups in total. The first kappa shape index (κ1) is 14.8. The van der Waals surface area contributed by atoms with Crippen molar-refractivity contribution in [1.29, 1.82) is 0 Å². The van der Waals surface area contributed by atoms with Gasteiger partial charge in [0.1, 0.15) is 0 Å². The lowest BCUT2D eigenvalue weighted by Gasteiger charge is -2.14. The Morgan fingerprint density at radius 3 is 2.33 bits per heavy atom. The quantitative estimate of drug-likeness (QED) is 0.678. The van der Waals surface area contributed by atoms with Gasteiger partial charge in [0.25, 0.3) is 5.69 Å². The molecule has 0 radical (unpaired) electrons. The highest BCUT2D eigenvalue weighted by atomic mass is 19.4. The Hall–Kier alpha value is -2.57. The smallest absolute Gasteiger partial charge is 0.380 e. The highest BCUT2D eigenvalue weighted by Gasteiger charge is 2.35. The molecule has 4 nitrogen and oxygen atoms in total. The summed E-state index contributed by atoms with van der Waals surface area (Å²) in [4.78, 5) is 9.74. The number of anilines is 1. The van der Waals surface area contributed by atoms with Gasteiger partial charge in [-0.3, -0.25) is 10.1 Å².